The summed E-state index contributed by atoms with van der Waals surface area (Å²) in [4.78, 5) is 4.31. The van der Waals surface area contributed by atoms with Crippen LogP contribution in [0.3, 0.4) is 0 Å². The predicted molar refractivity (Wildman–Crippen MR) is 92.9 cm³/mol. The summed E-state index contributed by atoms with van der Waals surface area (Å²) in [6, 6.07) is 1.82. The van der Waals surface area contributed by atoms with E-state index in [1.807, 2.05) is 11.4 Å². The number of hydrogen-bond acceptors (Lipinski definition) is 5. The number of hydrogen-bond donors (Lipinski definition) is 2. The SMILES string of the molecule is [2H]C([2H])([2H])OCC(C)Nc1ncc2c(Br)cc(C3CCC(O)CC3)n2n1. The van der Waals surface area contributed by atoms with Crippen LogP contribution in [0, 0.1) is 0 Å². The lowest BCUT2D eigenvalue weighted by atomic mass is 9.85. The molecule has 1 unspecified atom stereocenters. The second-order valence-corrected chi connectivity index (χ2v) is 7.01. The Morgan fingerprint density at radius 2 is 2.30 bits per heavy atom. The molecule has 1 fully saturated rings. The Kier molecular flexibility index (Phi) is 4.09. The fourth-order valence-corrected chi connectivity index (χ4v) is 3.60. The highest BCUT2D eigenvalue weighted by atomic mass is 79.9. The van der Waals surface area contributed by atoms with E-state index in [1.54, 1.807) is 6.20 Å². The topological polar surface area (TPSA) is 71.7 Å². The standard InChI is InChI=1S/C16H23BrN4O2/c1-10(9-23-2)19-16-18-8-15-13(17)7-14(21(15)20-16)11-3-5-12(22)6-4-11/h7-8,10-12,22H,3-6,9H2,1-2H3,(H,19,20)/i2D3. The maximum atomic E-state index is 9.74. The van der Waals surface area contributed by atoms with Gasteiger partial charge in [0.15, 0.2) is 0 Å². The quantitative estimate of drug-likeness (QED) is 0.827. The molecular formula is C16H23BrN4O2. The number of fused-ring (bicyclic) bond motifs is 1. The summed E-state index contributed by atoms with van der Waals surface area (Å²) in [7, 11) is -2.41. The molecule has 6 nitrogen and oxygen atoms in total. The first-order chi connectivity index (χ1) is 12.2. The molecule has 2 N–H and O–H groups in total. The van der Waals surface area contributed by atoms with Crippen LogP contribution < -0.4 is 5.32 Å². The molecule has 3 rings (SSSR count). The van der Waals surface area contributed by atoms with E-state index in [0.29, 0.717) is 11.9 Å². The fraction of sp³-hybridized carbons (Fsp3) is 0.625. The molecule has 23 heavy (non-hydrogen) atoms. The van der Waals surface area contributed by atoms with E-state index in [9.17, 15) is 5.11 Å². The van der Waals surface area contributed by atoms with Gasteiger partial charge >= 0.3 is 0 Å². The minimum Gasteiger partial charge on any atom is -0.393 e. The molecule has 0 spiro atoms. The molecule has 0 aromatic carbocycles. The van der Waals surface area contributed by atoms with Crippen LogP contribution in [0.5, 0.6) is 0 Å². The summed E-state index contributed by atoms with van der Waals surface area (Å²) >= 11 is 3.57. The number of anilines is 1. The number of aliphatic hydroxyl groups excluding tert-OH is 1. The Hall–Kier alpha value is -1.18. The normalized spacial score (nSPS) is 25.6. The highest BCUT2D eigenvalue weighted by Gasteiger charge is 2.24. The molecule has 7 heteroatoms. The van der Waals surface area contributed by atoms with Crippen LogP contribution in [-0.4, -0.2) is 45.5 Å². The summed E-state index contributed by atoms with van der Waals surface area (Å²) in [5.74, 6) is 0.760. The van der Waals surface area contributed by atoms with Gasteiger partial charge in [-0.25, -0.2) is 9.50 Å². The molecule has 0 saturated heterocycles. The Labute approximate surface area is 148 Å². The van der Waals surface area contributed by atoms with E-state index in [-0.39, 0.29) is 18.8 Å². The predicted octanol–water partition coefficient (Wildman–Crippen LogP) is 2.96. The number of nitrogens with one attached hydrogen (secondary N) is 1. The van der Waals surface area contributed by atoms with Gasteiger partial charge in [0.05, 0.1) is 28.5 Å². The maximum Gasteiger partial charge on any atom is 0.241 e. The first-order valence-corrected chi connectivity index (χ1v) is 8.65. The molecule has 1 atom stereocenters. The van der Waals surface area contributed by atoms with Crippen LogP contribution >= 0.6 is 15.9 Å². The molecule has 0 aliphatic heterocycles. The number of halogens is 1. The Morgan fingerprint density at radius 1 is 1.52 bits per heavy atom. The van der Waals surface area contributed by atoms with Gasteiger partial charge < -0.3 is 15.2 Å². The van der Waals surface area contributed by atoms with Gasteiger partial charge in [0.25, 0.3) is 0 Å². The summed E-state index contributed by atoms with van der Waals surface area (Å²) in [6.45, 7) is 1.84. The van der Waals surface area contributed by atoms with E-state index >= 15 is 0 Å². The van der Waals surface area contributed by atoms with Gasteiger partial charge in [0.2, 0.25) is 5.95 Å². The van der Waals surface area contributed by atoms with E-state index in [2.05, 4.69) is 37.4 Å². The maximum absolute atomic E-state index is 9.74. The summed E-state index contributed by atoms with van der Waals surface area (Å²) in [5.41, 5.74) is 1.97. The molecule has 2 heterocycles. The van der Waals surface area contributed by atoms with E-state index in [1.165, 1.54) is 0 Å². The first-order valence-electron chi connectivity index (χ1n) is 9.35. The summed E-state index contributed by atoms with van der Waals surface area (Å²) in [5, 5.41) is 17.4. The Morgan fingerprint density at radius 3 is 3.04 bits per heavy atom. The van der Waals surface area contributed by atoms with Gasteiger partial charge in [0.1, 0.15) is 0 Å². The molecule has 2 aromatic heterocycles. The van der Waals surface area contributed by atoms with E-state index < -0.39 is 7.04 Å². The van der Waals surface area contributed by atoms with Crippen molar-refractivity contribution in [2.45, 2.75) is 50.7 Å². The molecule has 1 aliphatic carbocycles. The zero-order valence-corrected chi connectivity index (χ0v) is 14.6. The molecular weight excluding hydrogens is 360 g/mol. The third-order valence-electron chi connectivity index (χ3n) is 4.32. The zero-order valence-electron chi connectivity index (χ0n) is 16.0. The molecule has 0 amide bonds. The number of rotatable bonds is 5. The first kappa shape index (κ1) is 13.1. The third kappa shape index (κ3) is 3.67. The highest BCUT2D eigenvalue weighted by molar-refractivity contribution is 9.10. The van der Waals surface area contributed by atoms with Crippen molar-refractivity contribution in [1.82, 2.24) is 14.6 Å². The van der Waals surface area contributed by atoms with Crippen LogP contribution in [0.2, 0.25) is 0 Å². The minimum atomic E-state index is -2.41. The number of aromatic nitrogens is 3. The third-order valence-corrected chi connectivity index (χ3v) is 4.95. The monoisotopic (exact) mass is 385 g/mol. The molecule has 2 aromatic rings. The lowest BCUT2D eigenvalue weighted by Gasteiger charge is -2.25. The van der Waals surface area contributed by atoms with Gasteiger partial charge in [-0.2, -0.15) is 0 Å². The summed E-state index contributed by atoms with van der Waals surface area (Å²) < 4.78 is 28.9. The largest absolute Gasteiger partial charge is 0.393 e. The van der Waals surface area contributed by atoms with Crippen LogP contribution in [0.25, 0.3) is 5.52 Å². The minimum absolute atomic E-state index is 0.0284. The highest BCUT2D eigenvalue weighted by Crippen LogP contribution is 2.36. The van der Waals surface area contributed by atoms with Crippen LogP contribution in [0.1, 0.15) is 48.3 Å². The van der Waals surface area contributed by atoms with Gasteiger partial charge in [-0.1, -0.05) is 0 Å². The van der Waals surface area contributed by atoms with Crippen molar-refractivity contribution in [2.24, 2.45) is 0 Å². The van der Waals surface area contributed by atoms with Gasteiger partial charge in [-0.3, -0.25) is 0 Å². The average molecular weight is 386 g/mol. The molecule has 0 bridgehead atoms. The van der Waals surface area contributed by atoms with E-state index in [4.69, 9.17) is 8.85 Å². The average Bonchev–Trinajstić information content (AvgIpc) is 2.90. The number of nitrogens with zero attached hydrogens (tertiary/aromatic N) is 3. The smallest absolute Gasteiger partial charge is 0.241 e. The molecule has 1 saturated carbocycles. The van der Waals surface area contributed by atoms with Crippen molar-refractivity contribution in [3.05, 3.63) is 22.4 Å². The number of ether oxygens (including phenoxy) is 1. The Balaban J connectivity index is 1.78. The molecule has 126 valence electrons. The van der Waals surface area contributed by atoms with Crippen LogP contribution in [0.4, 0.5) is 5.95 Å². The summed E-state index contributed by atoms with van der Waals surface area (Å²) in [6.07, 6.45) is 4.99. The lowest BCUT2D eigenvalue weighted by Crippen LogP contribution is -2.23. The fourth-order valence-electron chi connectivity index (χ4n) is 3.09. The Bertz CT molecular complexity index is 760. The van der Waals surface area contributed by atoms with Gasteiger partial charge in [-0.05, 0) is 54.6 Å². The van der Waals surface area contributed by atoms with Crippen molar-refractivity contribution in [1.29, 1.82) is 0 Å². The van der Waals surface area contributed by atoms with Crippen molar-refractivity contribution in [3.63, 3.8) is 0 Å². The van der Waals surface area contributed by atoms with Gasteiger partial charge in [-0.15, -0.1) is 5.10 Å². The molecule has 0 radical (unpaired) electrons. The van der Waals surface area contributed by atoms with Crippen LogP contribution in [-0.2, 0) is 4.74 Å². The van der Waals surface area contributed by atoms with Gasteiger partial charge in [0, 0.05) is 29.2 Å². The van der Waals surface area contributed by atoms with Crippen molar-refractivity contribution >= 4 is 27.4 Å². The van der Waals surface area contributed by atoms with Crippen molar-refractivity contribution < 1.29 is 14.0 Å². The second-order valence-electron chi connectivity index (χ2n) is 6.16. The lowest BCUT2D eigenvalue weighted by molar-refractivity contribution is 0.121. The van der Waals surface area contributed by atoms with Crippen molar-refractivity contribution in [2.75, 3.05) is 19.0 Å². The molecule has 1 aliphatic rings. The zero-order chi connectivity index (χ0) is 18.9. The second kappa shape index (κ2) is 7.15. The number of methoxy groups -OCH3 is 1. The van der Waals surface area contributed by atoms with Crippen LogP contribution in [0.15, 0.2) is 16.7 Å². The van der Waals surface area contributed by atoms with Crippen molar-refractivity contribution in [3.8, 4) is 0 Å². The van der Waals surface area contributed by atoms with E-state index in [0.717, 1.165) is 41.4 Å². The number of aliphatic hydroxyl groups is 1.